The van der Waals surface area contributed by atoms with Gasteiger partial charge in [-0.05, 0) is 37.0 Å². The predicted octanol–water partition coefficient (Wildman–Crippen LogP) is 2.85. The lowest BCUT2D eigenvalue weighted by atomic mass is 9.78. The fraction of sp³-hybridized carbons (Fsp3) is 1.00. The molecule has 0 aromatic heterocycles. The summed E-state index contributed by atoms with van der Waals surface area (Å²) in [5.41, 5.74) is -0.412. The van der Waals surface area contributed by atoms with E-state index in [4.69, 9.17) is 14.7 Å². The number of hydrogen-bond acceptors (Lipinski definition) is 3. The van der Waals surface area contributed by atoms with E-state index in [0.29, 0.717) is 17.8 Å². The zero-order valence-corrected chi connectivity index (χ0v) is 12.2. The minimum absolute atomic E-state index is 0.412. The van der Waals surface area contributed by atoms with Gasteiger partial charge in [0.2, 0.25) is 0 Å². The van der Waals surface area contributed by atoms with Gasteiger partial charge in [0.15, 0.2) is 0 Å². The lowest BCUT2D eigenvalue weighted by Gasteiger charge is -2.38. The van der Waals surface area contributed by atoms with Crippen molar-refractivity contribution in [3.05, 3.63) is 0 Å². The van der Waals surface area contributed by atoms with Crippen molar-refractivity contribution < 1.29 is 14.7 Å². The molecule has 102 valence electrons. The summed E-state index contributed by atoms with van der Waals surface area (Å²) in [6.45, 7) is 12.8. The van der Waals surface area contributed by atoms with Crippen molar-refractivity contribution in [2.45, 2.75) is 66.4 Å². The van der Waals surface area contributed by atoms with E-state index in [1.807, 2.05) is 0 Å². The highest BCUT2D eigenvalue weighted by molar-refractivity contribution is 6.32. The zero-order valence-electron chi connectivity index (χ0n) is 12.2. The van der Waals surface area contributed by atoms with Gasteiger partial charge in [-0.25, -0.2) is 0 Å². The average Bonchev–Trinajstić information content (AvgIpc) is 1.95. The molecule has 3 nitrogen and oxygen atoms in total. The Hall–Kier alpha value is -0.0551. The Kier molecular flexibility index (Phi) is 7.37. The van der Waals surface area contributed by atoms with Crippen LogP contribution in [0.1, 0.15) is 60.8 Å². The molecular weight excluding hydrogens is 215 g/mol. The van der Waals surface area contributed by atoms with Gasteiger partial charge in [0.05, 0.1) is 5.60 Å². The Labute approximate surface area is 107 Å². The van der Waals surface area contributed by atoms with Crippen molar-refractivity contribution in [1.29, 1.82) is 0 Å². The molecule has 0 aliphatic carbocycles. The van der Waals surface area contributed by atoms with Crippen LogP contribution in [0.5, 0.6) is 0 Å². The van der Waals surface area contributed by atoms with E-state index in [-0.39, 0.29) is 0 Å². The molecular formula is C13H29BO3. The molecule has 0 heterocycles. The molecule has 0 aliphatic heterocycles. The molecule has 4 heteroatoms. The molecule has 17 heavy (non-hydrogen) atoms. The van der Waals surface area contributed by atoms with Crippen molar-refractivity contribution in [3.63, 3.8) is 0 Å². The third kappa shape index (κ3) is 7.79. The van der Waals surface area contributed by atoms with Crippen molar-refractivity contribution in [3.8, 4) is 0 Å². The molecule has 2 N–H and O–H groups in total. The highest BCUT2D eigenvalue weighted by Gasteiger charge is 2.36. The molecule has 0 saturated carbocycles. The largest absolute Gasteiger partial charge is 0.634 e. The van der Waals surface area contributed by atoms with Crippen LogP contribution in [-0.2, 0) is 4.65 Å². The molecule has 0 rings (SSSR count). The van der Waals surface area contributed by atoms with Crippen molar-refractivity contribution in [1.82, 2.24) is 0 Å². The summed E-state index contributed by atoms with van der Waals surface area (Å²) in [6.07, 6.45) is 2.59. The lowest BCUT2D eigenvalue weighted by Crippen LogP contribution is -2.42. The molecule has 0 atom stereocenters. The van der Waals surface area contributed by atoms with E-state index in [2.05, 4.69) is 41.5 Å². The van der Waals surface area contributed by atoms with E-state index in [9.17, 15) is 0 Å². The highest BCUT2D eigenvalue weighted by Crippen LogP contribution is 2.35. The second kappa shape index (κ2) is 7.40. The average molecular weight is 244 g/mol. The maximum Gasteiger partial charge on any atom is 0.634 e. The molecule has 0 saturated heterocycles. The van der Waals surface area contributed by atoms with Crippen LogP contribution in [-0.4, -0.2) is 23.0 Å². The van der Waals surface area contributed by atoms with Crippen LogP contribution in [0.4, 0.5) is 0 Å². The third-order valence-corrected chi connectivity index (χ3v) is 2.70. The SMILES string of the molecule is CC(C)CC(CC(C)C)(CC(C)C)OB(O)O. The Morgan fingerprint density at radius 1 is 0.824 bits per heavy atom. The minimum atomic E-state index is -1.67. The molecule has 0 fully saturated rings. The number of rotatable bonds is 8. The first-order valence-corrected chi connectivity index (χ1v) is 6.71. The Bertz CT molecular complexity index is 157. The molecule has 0 radical (unpaired) electrons. The van der Waals surface area contributed by atoms with Gasteiger partial charge in [0.25, 0.3) is 0 Å². The summed E-state index contributed by atoms with van der Waals surface area (Å²) in [4.78, 5) is 0. The molecule has 0 aliphatic rings. The summed E-state index contributed by atoms with van der Waals surface area (Å²) in [5, 5.41) is 18.3. The van der Waals surface area contributed by atoms with Crippen LogP contribution in [0.3, 0.4) is 0 Å². The van der Waals surface area contributed by atoms with Gasteiger partial charge in [0, 0.05) is 0 Å². The van der Waals surface area contributed by atoms with E-state index in [0.717, 1.165) is 19.3 Å². The lowest BCUT2D eigenvalue weighted by molar-refractivity contribution is -0.0284. The van der Waals surface area contributed by atoms with Gasteiger partial charge in [-0.2, -0.15) is 0 Å². The van der Waals surface area contributed by atoms with Crippen LogP contribution in [0.2, 0.25) is 0 Å². The fourth-order valence-electron chi connectivity index (χ4n) is 2.85. The van der Waals surface area contributed by atoms with E-state index in [1.54, 1.807) is 0 Å². The van der Waals surface area contributed by atoms with Gasteiger partial charge in [-0.15, -0.1) is 0 Å². The summed E-state index contributed by atoms with van der Waals surface area (Å²) >= 11 is 0. The second-order valence-electron chi connectivity index (χ2n) is 6.42. The first-order valence-electron chi connectivity index (χ1n) is 6.71. The van der Waals surface area contributed by atoms with Gasteiger partial charge in [-0.3, -0.25) is 0 Å². The van der Waals surface area contributed by atoms with Crippen LogP contribution in [0, 0.1) is 17.8 Å². The minimum Gasteiger partial charge on any atom is -0.402 e. The van der Waals surface area contributed by atoms with E-state index < -0.39 is 12.9 Å². The first-order chi connectivity index (χ1) is 7.67. The van der Waals surface area contributed by atoms with Crippen LogP contribution in [0.25, 0.3) is 0 Å². The van der Waals surface area contributed by atoms with Gasteiger partial charge in [-0.1, -0.05) is 41.5 Å². The zero-order chi connectivity index (χ0) is 13.6. The second-order valence-corrected chi connectivity index (χ2v) is 6.42. The van der Waals surface area contributed by atoms with Crippen molar-refractivity contribution in [2.24, 2.45) is 17.8 Å². The molecule has 0 bridgehead atoms. The third-order valence-electron chi connectivity index (χ3n) is 2.70. The Morgan fingerprint density at radius 2 is 1.12 bits per heavy atom. The number of hydrogen-bond donors (Lipinski definition) is 2. The maximum atomic E-state index is 9.16. The standard InChI is InChI=1S/C13H29BO3/c1-10(2)7-13(8-11(3)4,9-12(5)6)17-14(15)16/h10-12,15-16H,7-9H2,1-6H3. The maximum absolute atomic E-state index is 9.16. The van der Waals surface area contributed by atoms with E-state index in [1.165, 1.54) is 0 Å². The topological polar surface area (TPSA) is 49.7 Å². The van der Waals surface area contributed by atoms with E-state index >= 15 is 0 Å². The summed E-state index contributed by atoms with van der Waals surface area (Å²) < 4.78 is 5.48. The summed E-state index contributed by atoms with van der Waals surface area (Å²) in [6, 6.07) is 0. The quantitative estimate of drug-likeness (QED) is 0.645. The van der Waals surface area contributed by atoms with Gasteiger partial charge in [0.1, 0.15) is 0 Å². The Balaban J connectivity index is 4.89. The fourth-order valence-corrected chi connectivity index (χ4v) is 2.85. The monoisotopic (exact) mass is 244 g/mol. The van der Waals surface area contributed by atoms with Crippen LogP contribution < -0.4 is 0 Å². The molecule has 0 aromatic carbocycles. The summed E-state index contributed by atoms with van der Waals surface area (Å²) in [7, 11) is -1.67. The normalized spacial score (nSPS) is 12.9. The molecule has 0 aromatic rings. The predicted molar refractivity (Wildman–Crippen MR) is 72.4 cm³/mol. The highest BCUT2D eigenvalue weighted by atomic mass is 16.6. The molecule has 0 spiro atoms. The summed E-state index contributed by atoms with van der Waals surface area (Å²) in [5.74, 6) is 1.43. The molecule has 0 unspecified atom stereocenters. The molecule has 0 amide bonds. The first kappa shape index (κ1) is 16.9. The smallest absolute Gasteiger partial charge is 0.402 e. The van der Waals surface area contributed by atoms with Gasteiger partial charge < -0.3 is 14.7 Å². The van der Waals surface area contributed by atoms with Crippen molar-refractivity contribution in [2.75, 3.05) is 0 Å². The van der Waals surface area contributed by atoms with Gasteiger partial charge >= 0.3 is 7.32 Å². The van der Waals surface area contributed by atoms with Crippen LogP contribution in [0.15, 0.2) is 0 Å². The van der Waals surface area contributed by atoms with Crippen LogP contribution >= 0.6 is 0 Å². The Morgan fingerprint density at radius 3 is 1.29 bits per heavy atom. The van der Waals surface area contributed by atoms with Crippen molar-refractivity contribution >= 4 is 7.32 Å².